The highest BCUT2D eigenvalue weighted by Gasteiger charge is 2.58. The molecular weight excluding hydrogens is 431 g/mol. The van der Waals surface area contributed by atoms with Gasteiger partial charge in [0, 0.05) is 57.7 Å². The van der Waals surface area contributed by atoms with E-state index >= 15 is 0 Å². The average Bonchev–Trinajstić information content (AvgIpc) is 2.57. The molecule has 0 spiro atoms. The molecule has 2 atom stereocenters. The van der Waals surface area contributed by atoms with Crippen LogP contribution in [0.5, 0.6) is 0 Å². The maximum absolute atomic E-state index is 12.1. The van der Waals surface area contributed by atoms with Gasteiger partial charge in [0.2, 0.25) is 5.91 Å². The van der Waals surface area contributed by atoms with E-state index in [0.29, 0.717) is 6.04 Å². The van der Waals surface area contributed by atoms with Gasteiger partial charge in [-0.25, -0.2) is 0 Å². The monoisotopic (exact) mass is 466 g/mol. The Hall–Kier alpha value is -0.570. The fraction of sp³-hybridized carbons (Fsp3) is 0.889. The van der Waals surface area contributed by atoms with Gasteiger partial charge in [0.1, 0.15) is 0 Å². The van der Waals surface area contributed by atoms with E-state index in [-0.39, 0.29) is 46.8 Å². The lowest BCUT2D eigenvalue weighted by Gasteiger charge is -2.59. The highest BCUT2D eigenvalue weighted by atomic mass is 127. The number of amides is 1. The number of methoxy groups -OCH3 is 1. The number of aliphatic imine (C=N–C) groups is 1. The molecule has 2 rings (SSSR count). The van der Waals surface area contributed by atoms with Gasteiger partial charge in [-0.1, -0.05) is 27.7 Å². The topological polar surface area (TPSA) is 57.2 Å². The second-order valence-electron chi connectivity index (χ2n) is 8.07. The van der Waals surface area contributed by atoms with Crippen LogP contribution in [0.1, 0.15) is 41.0 Å². The van der Waals surface area contributed by atoms with Crippen LogP contribution in [-0.4, -0.2) is 73.6 Å². The number of nitrogens with one attached hydrogen (secondary N) is 1. The van der Waals surface area contributed by atoms with Gasteiger partial charge in [-0.2, -0.15) is 0 Å². The van der Waals surface area contributed by atoms with Crippen molar-refractivity contribution in [3.8, 4) is 0 Å². The van der Waals surface area contributed by atoms with E-state index in [0.717, 1.165) is 38.6 Å². The minimum absolute atomic E-state index is 0. The normalized spacial score (nSPS) is 29.1. The smallest absolute Gasteiger partial charge is 0.225 e. The van der Waals surface area contributed by atoms with Gasteiger partial charge in [0.15, 0.2) is 5.96 Å². The third kappa shape index (κ3) is 4.23. The molecule has 6 nitrogen and oxygen atoms in total. The van der Waals surface area contributed by atoms with Crippen molar-refractivity contribution in [3.63, 3.8) is 0 Å². The van der Waals surface area contributed by atoms with Gasteiger partial charge < -0.3 is 19.9 Å². The van der Waals surface area contributed by atoms with Crippen molar-refractivity contribution in [1.82, 2.24) is 15.1 Å². The molecule has 0 radical (unpaired) electrons. The molecule has 1 aliphatic heterocycles. The van der Waals surface area contributed by atoms with Crippen molar-refractivity contribution < 1.29 is 9.53 Å². The van der Waals surface area contributed by atoms with Gasteiger partial charge >= 0.3 is 0 Å². The lowest BCUT2D eigenvalue weighted by Crippen LogP contribution is -2.70. The molecule has 0 bridgehead atoms. The van der Waals surface area contributed by atoms with Crippen molar-refractivity contribution in [3.05, 3.63) is 0 Å². The number of hydrogen-bond donors (Lipinski definition) is 1. The second kappa shape index (κ2) is 8.41. The van der Waals surface area contributed by atoms with Gasteiger partial charge in [-0.15, -0.1) is 24.0 Å². The van der Waals surface area contributed by atoms with Crippen molar-refractivity contribution >= 4 is 35.8 Å². The van der Waals surface area contributed by atoms with Gasteiger partial charge in [0.05, 0.1) is 5.60 Å². The van der Waals surface area contributed by atoms with Crippen LogP contribution in [0.3, 0.4) is 0 Å². The third-order valence-corrected chi connectivity index (χ3v) is 6.18. The first kappa shape index (κ1) is 22.5. The number of piperazine rings is 1. The molecule has 25 heavy (non-hydrogen) atoms. The first-order valence-corrected chi connectivity index (χ1v) is 8.98. The van der Waals surface area contributed by atoms with Crippen LogP contribution >= 0.6 is 24.0 Å². The summed E-state index contributed by atoms with van der Waals surface area (Å²) >= 11 is 0. The van der Waals surface area contributed by atoms with E-state index in [2.05, 4.69) is 36.0 Å². The van der Waals surface area contributed by atoms with E-state index in [9.17, 15) is 4.79 Å². The van der Waals surface area contributed by atoms with Crippen molar-refractivity contribution in [1.29, 1.82) is 0 Å². The molecule has 1 saturated carbocycles. The second-order valence-corrected chi connectivity index (χ2v) is 8.07. The van der Waals surface area contributed by atoms with Crippen molar-refractivity contribution in [2.24, 2.45) is 16.3 Å². The molecule has 1 N–H and O–H groups in total. The molecule has 2 fully saturated rings. The Bertz CT molecular complexity index is 501. The molecule has 0 aromatic carbocycles. The maximum Gasteiger partial charge on any atom is 0.225 e. The minimum Gasteiger partial charge on any atom is -0.378 e. The Morgan fingerprint density at radius 2 is 1.68 bits per heavy atom. The summed E-state index contributed by atoms with van der Waals surface area (Å²) in [6.07, 6.45) is 0.974. The molecule has 146 valence electrons. The lowest BCUT2D eigenvalue weighted by atomic mass is 9.56. The van der Waals surface area contributed by atoms with Crippen LogP contribution < -0.4 is 5.32 Å². The summed E-state index contributed by atoms with van der Waals surface area (Å²) in [5.74, 6) is 1.24. The standard InChI is InChI=1S/C18H34N4O2.HI/c1-13(2)15(23)21-8-10-22(11-9-21)16(19-6)20-14-12-18(5,24-7)17(14,3)4;/h13-14H,8-12H2,1-7H3,(H,19,20);1H. The fourth-order valence-electron chi connectivity index (χ4n) is 3.68. The highest BCUT2D eigenvalue weighted by molar-refractivity contribution is 14.0. The summed E-state index contributed by atoms with van der Waals surface area (Å²) in [5, 5.41) is 3.61. The van der Waals surface area contributed by atoms with Crippen LogP contribution in [0.4, 0.5) is 0 Å². The van der Waals surface area contributed by atoms with Crippen molar-refractivity contribution in [2.75, 3.05) is 40.3 Å². The first-order valence-electron chi connectivity index (χ1n) is 8.98. The van der Waals surface area contributed by atoms with E-state index in [1.165, 1.54) is 0 Å². The summed E-state index contributed by atoms with van der Waals surface area (Å²) in [6.45, 7) is 13.8. The molecule has 0 aromatic heterocycles. The van der Waals surface area contributed by atoms with Crippen LogP contribution in [0.15, 0.2) is 4.99 Å². The van der Waals surface area contributed by atoms with E-state index in [4.69, 9.17) is 4.74 Å². The quantitative estimate of drug-likeness (QED) is 0.394. The molecule has 2 unspecified atom stereocenters. The highest BCUT2D eigenvalue weighted by Crippen LogP contribution is 2.51. The molecule has 1 heterocycles. The molecular formula is C18H35IN4O2. The summed E-state index contributed by atoms with van der Waals surface area (Å²) in [6, 6.07) is 0.344. The van der Waals surface area contributed by atoms with Crippen LogP contribution in [0.2, 0.25) is 0 Å². The van der Waals surface area contributed by atoms with Crippen molar-refractivity contribution in [2.45, 2.75) is 52.7 Å². The maximum atomic E-state index is 12.1. The predicted molar refractivity (Wildman–Crippen MR) is 113 cm³/mol. The molecule has 7 heteroatoms. The number of carbonyl (C=O) groups excluding carboxylic acids is 1. The zero-order chi connectivity index (χ0) is 18.1. The van der Waals surface area contributed by atoms with Crippen LogP contribution in [0.25, 0.3) is 0 Å². The van der Waals surface area contributed by atoms with Gasteiger partial charge in [-0.3, -0.25) is 9.79 Å². The Morgan fingerprint density at radius 1 is 1.16 bits per heavy atom. The number of ether oxygens (including phenoxy) is 1. The predicted octanol–water partition coefficient (Wildman–Crippen LogP) is 2.18. The molecule has 0 aromatic rings. The number of halogens is 1. The van der Waals surface area contributed by atoms with E-state index in [1.807, 2.05) is 25.8 Å². The number of nitrogens with zero attached hydrogens (tertiary/aromatic N) is 3. The zero-order valence-electron chi connectivity index (χ0n) is 16.8. The fourth-order valence-corrected chi connectivity index (χ4v) is 3.68. The average molecular weight is 466 g/mol. The summed E-state index contributed by atoms with van der Waals surface area (Å²) in [5.41, 5.74) is -0.0426. The first-order chi connectivity index (χ1) is 11.2. The Labute approximate surface area is 169 Å². The van der Waals surface area contributed by atoms with Gasteiger partial charge in [-0.05, 0) is 13.3 Å². The van der Waals surface area contributed by atoms with Gasteiger partial charge in [0.25, 0.3) is 0 Å². The number of hydrogen-bond acceptors (Lipinski definition) is 3. The van der Waals surface area contributed by atoms with E-state index in [1.54, 1.807) is 7.11 Å². The molecule has 1 amide bonds. The summed E-state index contributed by atoms with van der Waals surface area (Å²) < 4.78 is 5.71. The van der Waals surface area contributed by atoms with Crippen LogP contribution in [-0.2, 0) is 9.53 Å². The Balaban J connectivity index is 0.00000312. The third-order valence-electron chi connectivity index (χ3n) is 6.18. The van der Waals surface area contributed by atoms with E-state index < -0.39 is 0 Å². The Kier molecular flexibility index (Phi) is 7.56. The van der Waals surface area contributed by atoms with Crippen LogP contribution in [0, 0.1) is 11.3 Å². The zero-order valence-corrected chi connectivity index (χ0v) is 19.1. The molecule has 1 aliphatic carbocycles. The summed E-state index contributed by atoms with van der Waals surface area (Å²) in [4.78, 5) is 20.8. The number of rotatable bonds is 3. The number of carbonyl (C=O) groups is 1. The Morgan fingerprint density at radius 3 is 2.08 bits per heavy atom. The summed E-state index contributed by atoms with van der Waals surface area (Å²) in [7, 11) is 3.62. The molecule has 1 saturated heterocycles. The number of guanidine groups is 1. The lowest BCUT2D eigenvalue weighted by molar-refractivity contribution is -0.177. The molecule has 2 aliphatic rings. The SMILES string of the molecule is CN=C(NC1CC(C)(OC)C1(C)C)N1CCN(C(=O)C(C)C)CC1.I. The largest absolute Gasteiger partial charge is 0.378 e. The minimum atomic E-state index is -0.0914.